The topological polar surface area (TPSA) is 12.0 Å². The second kappa shape index (κ2) is 5.34. The Morgan fingerprint density at radius 1 is 0.905 bits per heavy atom. The third kappa shape index (κ3) is 4.49. The van der Waals surface area contributed by atoms with Gasteiger partial charge in [0.25, 0.3) is 0 Å². The van der Waals surface area contributed by atoms with E-state index in [1.54, 1.807) is 0 Å². The first-order valence-electron chi connectivity index (χ1n) is 8.34. The van der Waals surface area contributed by atoms with E-state index in [0.717, 1.165) is 0 Å². The van der Waals surface area contributed by atoms with Gasteiger partial charge in [-0.15, -0.1) is 0 Å². The maximum atomic E-state index is 3.77. The highest BCUT2D eigenvalue weighted by molar-refractivity contribution is 5.46. The molecule has 1 heteroatoms. The van der Waals surface area contributed by atoms with Crippen molar-refractivity contribution >= 4 is 5.69 Å². The normalized spacial score (nSPS) is 22.0. The van der Waals surface area contributed by atoms with Crippen LogP contribution in [-0.2, 0) is 5.41 Å². The molecule has 0 saturated heterocycles. The number of rotatable bonds is 2. The number of nitrogens with one attached hydrogen (secondary N) is 1. The second-order valence-electron chi connectivity index (χ2n) is 9.58. The highest BCUT2D eigenvalue weighted by Gasteiger charge is 2.38. The average molecular weight is 287 g/mol. The van der Waals surface area contributed by atoms with Gasteiger partial charge in [0.05, 0.1) is 0 Å². The molecule has 2 rings (SSSR count). The van der Waals surface area contributed by atoms with Gasteiger partial charge < -0.3 is 5.32 Å². The van der Waals surface area contributed by atoms with E-state index in [1.807, 2.05) is 0 Å². The van der Waals surface area contributed by atoms with Crippen LogP contribution in [-0.4, -0.2) is 6.04 Å². The fraction of sp³-hybridized carbons (Fsp3) is 0.700. The van der Waals surface area contributed by atoms with Gasteiger partial charge >= 0.3 is 0 Å². The third-order valence-electron chi connectivity index (χ3n) is 4.68. The van der Waals surface area contributed by atoms with Gasteiger partial charge in [-0.3, -0.25) is 0 Å². The van der Waals surface area contributed by atoms with Gasteiger partial charge in [-0.25, -0.2) is 0 Å². The predicted octanol–water partition coefficient (Wildman–Crippen LogP) is 6.00. The first-order valence-corrected chi connectivity index (χ1v) is 8.34. The monoisotopic (exact) mass is 287 g/mol. The van der Waals surface area contributed by atoms with Crippen LogP contribution in [0.4, 0.5) is 5.69 Å². The van der Waals surface area contributed by atoms with Gasteiger partial charge in [0, 0.05) is 11.7 Å². The van der Waals surface area contributed by atoms with Crippen molar-refractivity contribution in [3.8, 4) is 0 Å². The maximum Gasteiger partial charge on any atom is 0.0342 e. The van der Waals surface area contributed by atoms with Crippen LogP contribution in [0.25, 0.3) is 0 Å². The fourth-order valence-corrected chi connectivity index (χ4v) is 4.25. The van der Waals surface area contributed by atoms with Crippen molar-refractivity contribution < 1.29 is 0 Å². The Morgan fingerprint density at radius 2 is 1.38 bits per heavy atom. The molecule has 0 aliphatic heterocycles. The lowest BCUT2D eigenvalue weighted by Crippen LogP contribution is -2.40. The Balaban J connectivity index is 2.08. The Morgan fingerprint density at radius 3 is 1.81 bits per heavy atom. The molecule has 0 amide bonds. The lowest BCUT2D eigenvalue weighted by Gasteiger charge is -2.45. The quantitative estimate of drug-likeness (QED) is 0.703. The number of hydrogen-bond acceptors (Lipinski definition) is 1. The number of benzene rings is 1. The molecule has 0 atom stereocenters. The van der Waals surface area contributed by atoms with E-state index in [4.69, 9.17) is 0 Å². The molecule has 1 N–H and O–H groups in total. The van der Waals surface area contributed by atoms with Crippen molar-refractivity contribution in [1.82, 2.24) is 0 Å². The molecular formula is C20H33N. The molecule has 21 heavy (non-hydrogen) atoms. The Bertz CT molecular complexity index is 458. The van der Waals surface area contributed by atoms with E-state index in [9.17, 15) is 0 Å². The molecule has 0 radical (unpaired) electrons. The van der Waals surface area contributed by atoms with Crippen LogP contribution in [0.5, 0.6) is 0 Å². The molecule has 1 aromatic carbocycles. The van der Waals surface area contributed by atoms with Crippen molar-refractivity contribution in [2.24, 2.45) is 10.8 Å². The minimum atomic E-state index is 0.230. The summed E-state index contributed by atoms with van der Waals surface area (Å²) in [4.78, 5) is 0. The van der Waals surface area contributed by atoms with E-state index in [-0.39, 0.29) is 5.41 Å². The van der Waals surface area contributed by atoms with Gasteiger partial charge in [0.1, 0.15) is 0 Å². The second-order valence-corrected chi connectivity index (χ2v) is 9.58. The molecule has 0 unspecified atom stereocenters. The fourth-order valence-electron chi connectivity index (χ4n) is 4.25. The smallest absolute Gasteiger partial charge is 0.0342 e. The van der Waals surface area contributed by atoms with Crippen LogP contribution in [0.1, 0.15) is 73.3 Å². The number of anilines is 1. The van der Waals surface area contributed by atoms with Crippen molar-refractivity contribution in [3.05, 3.63) is 29.8 Å². The van der Waals surface area contributed by atoms with Crippen LogP contribution in [0.15, 0.2) is 24.3 Å². The predicted molar refractivity (Wildman–Crippen MR) is 94.0 cm³/mol. The summed E-state index contributed by atoms with van der Waals surface area (Å²) in [5, 5.41) is 3.77. The summed E-state index contributed by atoms with van der Waals surface area (Å²) >= 11 is 0. The van der Waals surface area contributed by atoms with E-state index < -0.39 is 0 Å². The zero-order valence-corrected chi connectivity index (χ0v) is 15.0. The zero-order chi connectivity index (χ0) is 15.9. The molecule has 0 aromatic heterocycles. The standard InChI is InChI=1S/C20H33N/c1-18(2,3)15-8-10-16(11-9-15)21-17-12-19(4,5)14-20(6,7)13-17/h8-11,17,21H,12-14H2,1-7H3. The van der Waals surface area contributed by atoms with Gasteiger partial charge in [0.2, 0.25) is 0 Å². The molecule has 1 aliphatic carbocycles. The van der Waals surface area contributed by atoms with Crippen LogP contribution in [0.2, 0.25) is 0 Å². The average Bonchev–Trinajstić information content (AvgIpc) is 2.23. The Labute approximate surface area is 131 Å². The van der Waals surface area contributed by atoms with Crippen molar-refractivity contribution in [2.45, 2.75) is 79.2 Å². The minimum absolute atomic E-state index is 0.230. The lowest BCUT2D eigenvalue weighted by atomic mass is 9.63. The summed E-state index contributed by atoms with van der Waals surface area (Å²) in [6.07, 6.45) is 3.84. The van der Waals surface area contributed by atoms with Crippen LogP contribution < -0.4 is 5.32 Å². The zero-order valence-electron chi connectivity index (χ0n) is 15.0. The van der Waals surface area contributed by atoms with Crippen LogP contribution in [0, 0.1) is 10.8 Å². The van der Waals surface area contributed by atoms with Gasteiger partial charge in [0.15, 0.2) is 0 Å². The molecule has 1 aromatic rings. The highest BCUT2D eigenvalue weighted by atomic mass is 14.9. The lowest BCUT2D eigenvalue weighted by molar-refractivity contribution is 0.105. The molecular weight excluding hydrogens is 254 g/mol. The summed E-state index contributed by atoms with van der Waals surface area (Å²) in [5.74, 6) is 0. The van der Waals surface area contributed by atoms with Crippen molar-refractivity contribution in [2.75, 3.05) is 5.32 Å². The summed E-state index contributed by atoms with van der Waals surface area (Å²) in [7, 11) is 0. The molecule has 0 spiro atoms. The Hall–Kier alpha value is -0.980. The first-order chi connectivity index (χ1) is 9.47. The molecule has 1 nitrogen and oxygen atoms in total. The SMILES string of the molecule is CC1(C)CC(Nc2ccc(C(C)(C)C)cc2)CC(C)(C)C1. The van der Waals surface area contributed by atoms with E-state index in [0.29, 0.717) is 16.9 Å². The third-order valence-corrected chi connectivity index (χ3v) is 4.68. The summed E-state index contributed by atoms with van der Waals surface area (Å²) in [6, 6.07) is 9.61. The summed E-state index contributed by atoms with van der Waals surface area (Å²) in [5.41, 5.74) is 3.77. The first kappa shape index (κ1) is 16.4. The molecule has 1 saturated carbocycles. The van der Waals surface area contributed by atoms with Crippen LogP contribution >= 0.6 is 0 Å². The van der Waals surface area contributed by atoms with E-state index in [1.165, 1.54) is 30.5 Å². The van der Waals surface area contributed by atoms with E-state index >= 15 is 0 Å². The molecule has 1 fully saturated rings. The molecule has 0 heterocycles. The minimum Gasteiger partial charge on any atom is -0.382 e. The van der Waals surface area contributed by atoms with Gasteiger partial charge in [-0.1, -0.05) is 60.6 Å². The van der Waals surface area contributed by atoms with E-state index in [2.05, 4.69) is 78.0 Å². The highest BCUT2D eigenvalue weighted by Crippen LogP contribution is 2.46. The molecule has 118 valence electrons. The Kier molecular flexibility index (Phi) is 4.17. The largest absolute Gasteiger partial charge is 0.382 e. The number of hydrogen-bond donors (Lipinski definition) is 1. The summed E-state index contributed by atoms with van der Waals surface area (Å²) < 4.78 is 0. The van der Waals surface area contributed by atoms with Crippen molar-refractivity contribution in [1.29, 1.82) is 0 Å². The summed E-state index contributed by atoms with van der Waals surface area (Å²) in [6.45, 7) is 16.4. The molecule has 1 aliphatic rings. The van der Waals surface area contributed by atoms with Crippen molar-refractivity contribution in [3.63, 3.8) is 0 Å². The van der Waals surface area contributed by atoms with Crippen LogP contribution in [0.3, 0.4) is 0 Å². The molecule has 0 bridgehead atoms. The maximum absolute atomic E-state index is 3.77. The van der Waals surface area contributed by atoms with Gasteiger partial charge in [-0.2, -0.15) is 0 Å². The van der Waals surface area contributed by atoms with Gasteiger partial charge in [-0.05, 0) is 53.2 Å².